The third kappa shape index (κ3) is 4.17. The third-order valence-corrected chi connectivity index (χ3v) is 4.49. The maximum absolute atomic E-state index is 5.34. The minimum absolute atomic E-state index is 0. The molecule has 2 atom stereocenters. The highest BCUT2D eigenvalue weighted by atomic mass is 35.5. The molecule has 3 rings (SSSR count). The fourth-order valence-corrected chi connectivity index (χ4v) is 3.37. The number of pyridine rings is 1. The van der Waals surface area contributed by atoms with Crippen molar-refractivity contribution in [1.82, 2.24) is 10.3 Å². The number of hydrogen-bond acceptors (Lipinski definition) is 3. The van der Waals surface area contributed by atoms with Gasteiger partial charge in [-0.2, -0.15) is 0 Å². The molecule has 1 N–H and O–H groups in total. The van der Waals surface area contributed by atoms with Gasteiger partial charge in [0.15, 0.2) is 0 Å². The van der Waals surface area contributed by atoms with Gasteiger partial charge in [-0.1, -0.05) is 12.1 Å². The second-order valence-corrected chi connectivity index (χ2v) is 6.26. The van der Waals surface area contributed by atoms with Gasteiger partial charge in [0.05, 0.1) is 7.11 Å². The number of methoxy groups -OCH3 is 1. The molecule has 0 aliphatic carbocycles. The van der Waals surface area contributed by atoms with Crippen LogP contribution in [0, 0.1) is 0 Å². The number of benzene rings is 1. The quantitative estimate of drug-likeness (QED) is 0.878. The van der Waals surface area contributed by atoms with E-state index < -0.39 is 0 Å². The van der Waals surface area contributed by atoms with Crippen LogP contribution in [0.15, 0.2) is 48.8 Å². The average molecular weight is 355 g/mol. The minimum Gasteiger partial charge on any atom is -0.497 e. The van der Waals surface area contributed by atoms with Crippen molar-refractivity contribution in [2.24, 2.45) is 0 Å². The Hall–Kier alpha value is -1.29. The second kappa shape index (κ2) is 8.00. The first-order valence-corrected chi connectivity index (χ1v) is 7.42. The molecule has 0 radical (unpaired) electrons. The molecule has 0 saturated carbocycles. The van der Waals surface area contributed by atoms with E-state index in [1.807, 2.05) is 18.5 Å². The van der Waals surface area contributed by atoms with Crippen molar-refractivity contribution >= 4 is 24.8 Å². The molecule has 2 heterocycles. The predicted octanol–water partition coefficient (Wildman–Crippen LogP) is 4.53. The Morgan fingerprint density at radius 2 is 1.78 bits per heavy atom. The van der Waals surface area contributed by atoms with E-state index >= 15 is 0 Å². The van der Waals surface area contributed by atoms with Crippen molar-refractivity contribution < 1.29 is 4.74 Å². The Morgan fingerprint density at radius 3 is 2.43 bits per heavy atom. The number of ether oxygens (including phenoxy) is 1. The summed E-state index contributed by atoms with van der Waals surface area (Å²) in [6.07, 6.45) is 4.85. The average Bonchev–Trinajstić information content (AvgIpc) is 2.84. The topological polar surface area (TPSA) is 34.1 Å². The van der Waals surface area contributed by atoms with Crippen LogP contribution in [0.25, 0.3) is 0 Å². The first-order chi connectivity index (χ1) is 10.1. The lowest BCUT2D eigenvalue weighted by molar-refractivity contribution is 0.395. The monoisotopic (exact) mass is 354 g/mol. The van der Waals surface area contributed by atoms with Crippen LogP contribution in [-0.2, 0) is 0 Å². The van der Waals surface area contributed by atoms with Crippen molar-refractivity contribution in [3.8, 4) is 5.75 Å². The van der Waals surface area contributed by atoms with E-state index in [-0.39, 0.29) is 30.4 Å². The van der Waals surface area contributed by atoms with Gasteiger partial charge >= 0.3 is 0 Å². The van der Waals surface area contributed by atoms with Crippen molar-refractivity contribution in [2.75, 3.05) is 7.11 Å². The largest absolute Gasteiger partial charge is 0.497 e. The molecule has 126 valence electrons. The Balaban J connectivity index is 0.00000132. The lowest BCUT2D eigenvalue weighted by Gasteiger charge is -2.27. The Morgan fingerprint density at radius 1 is 1.09 bits per heavy atom. The number of aromatic nitrogens is 1. The van der Waals surface area contributed by atoms with Crippen molar-refractivity contribution in [2.45, 2.75) is 37.8 Å². The zero-order valence-corrected chi connectivity index (χ0v) is 15.3. The van der Waals surface area contributed by atoms with E-state index in [4.69, 9.17) is 4.74 Å². The van der Waals surface area contributed by atoms with Gasteiger partial charge in [0, 0.05) is 29.9 Å². The smallest absolute Gasteiger partial charge is 0.119 e. The molecule has 0 amide bonds. The van der Waals surface area contributed by atoms with Crippen LogP contribution in [-0.4, -0.2) is 17.6 Å². The lowest BCUT2D eigenvalue weighted by Crippen LogP contribution is -2.37. The number of hydrogen-bond donors (Lipinski definition) is 1. The van der Waals surface area contributed by atoms with Gasteiger partial charge in [0.1, 0.15) is 5.75 Å². The first-order valence-electron chi connectivity index (χ1n) is 7.42. The zero-order chi connectivity index (χ0) is 14.9. The molecule has 1 aromatic carbocycles. The summed E-state index contributed by atoms with van der Waals surface area (Å²) in [5, 5.41) is 3.77. The van der Waals surface area contributed by atoms with E-state index in [1.54, 1.807) is 7.11 Å². The summed E-state index contributed by atoms with van der Waals surface area (Å²) in [7, 11) is 1.71. The van der Waals surface area contributed by atoms with E-state index in [1.165, 1.54) is 11.1 Å². The van der Waals surface area contributed by atoms with E-state index in [9.17, 15) is 0 Å². The zero-order valence-electron chi connectivity index (χ0n) is 13.7. The molecule has 1 aromatic heterocycles. The maximum atomic E-state index is 5.34. The van der Waals surface area contributed by atoms with Gasteiger partial charge in [-0.05, 0) is 55.7 Å². The summed E-state index contributed by atoms with van der Waals surface area (Å²) in [5.41, 5.74) is 2.71. The Kier molecular flexibility index (Phi) is 6.87. The fourth-order valence-electron chi connectivity index (χ4n) is 3.37. The minimum atomic E-state index is 0. The van der Waals surface area contributed by atoms with Crippen molar-refractivity contribution in [3.63, 3.8) is 0 Å². The Labute approximate surface area is 150 Å². The molecule has 0 unspecified atom stereocenters. The third-order valence-electron chi connectivity index (χ3n) is 4.49. The number of nitrogens with one attached hydrogen (secondary N) is 1. The van der Waals surface area contributed by atoms with E-state index in [0.717, 1.165) is 12.2 Å². The molecule has 0 bridgehead atoms. The van der Waals surface area contributed by atoms with Gasteiger partial charge in [0.2, 0.25) is 0 Å². The van der Waals surface area contributed by atoms with Crippen LogP contribution in [0.1, 0.15) is 43.4 Å². The van der Waals surface area contributed by atoms with Gasteiger partial charge in [-0.25, -0.2) is 0 Å². The van der Waals surface area contributed by atoms with Gasteiger partial charge < -0.3 is 10.1 Å². The highest BCUT2D eigenvalue weighted by Crippen LogP contribution is 2.43. The second-order valence-electron chi connectivity index (χ2n) is 6.26. The number of rotatable bonds is 3. The summed E-state index contributed by atoms with van der Waals surface area (Å²) in [6.45, 7) is 4.55. The molecule has 0 spiro atoms. The number of halogens is 2. The fraction of sp³-hybridized carbons (Fsp3) is 0.389. The maximum Gasteiger partial charge on any atom is 0.119 e. The van der Waals surface area contributed by atoms with Gasteiger partial charge in [0.25, 0.3) is 0 Å². The Bertz CT molecular complexity index is 619. The summed E-state index contributed by atoms with van der Waals surface area (Å²) in [4.78, 5) is 4.13. The molecule has 1 fully saturated rings. The van der Waals surface area contributed by atoms with Crippen LogP contribution < -0.4 is 10.1 Å². The molecule has 1 aliphatic rings. The summed E-state index contributed by atoms with van der Waals surface area (Å²) >= 11 is 0. The molecular weight excluding hydrogens is 331 g/mol. The van der Waals surface area contributed by atoms with Gasteiger partial charge in [-0.15, -0.1) is 24.8 Å². The molecule has 23 heavy (non-hydrogen) atoms. The van der Waals surface area contributed by atoms with Crippen LogP contribution in [0.3, 0.4) is 0 Å². The van der Waals surface area contributed by atoms with Crippen LogP contribution in [0.2, 0.25) is 0 Å². The first kappa shape index (κ1) is 19.8. The van der Waals surface area contributed by atoms with Crippen molar-refractivity contribution in [3.05, 3.63) is 59.9 Å². The van der Waals surface area contributed by atoms with E-state index in [2.05, 4.69) is 54.5 Å². The normalized spacial score (nSPS) is 21.9. The van der Waals surface area contributed by atoms with Crippen LogP contribution in [0.4, 0.5) is 0 Å². The SMILES string of the molecule is COc1cccc([C@H]2C[C@H](c3ccncc3)C(C)(C)N2)c1.Cl.Cl. The molecule has 1 saturated heterocycles. The highest BCUT2D eigenvalue weighted by molar-refractivity contribution is 5.85. The summed E-state index contributed by atoms with van der Waals surface area (Å²) in [6, 6.07) is 13.0. The van der Waals surface area contributed by atoms with Crippen LogP contribution in [0.5, 0.6) is 5.75 Å². The molecule has 2 aromatic rings. The molecule has 3 nitrogen and oxygen atoms in total. The summed E-state index contributed by atoms with van der Waals surface area (Å²) in [5.74, 6) is 1.40. The lowest BCUT2D eigenvalue weighted by atomic mass is 9.83. The molecule has 5 heteroatoms. The highest BCUT2D eigenvalue weighted by Gasteiger charge is 2.41. The summed E-state index contributed by atoms with van der Waals surface area (Å²) < 4.78 is 5.34. The standard InChI is InChI=1S/C18H22N2O.2ClH/c1-18(2)16(13-7-9-19-10-8-13)12-17(20-18)14-5-4-6-15(11-14)21-3;;/h4-11,16-17,20H,12H2,1-3H3;2*1H/t16-,17-;;/m1../s1. The van der Waals surface area contributed by atoms with E-state index in [0.29, 0.717) is 12.0 Å². The van der Waals surface area contributed by atoms with Gasteiger partial charge in [-0.3, -0.25) is 4.98 Å². The number of nitrogens with zero attached hydrogens (tertiary/aromatic N) is 1. The van der Waals surface area contributed by atoms with Crippen LogP contribution >= 0.6 is 24.8 Å². The predicted molar refractivity (Wildman–Crippen MR) is 99.0 cm³/mol. The molecular formula is C18H24Cl2N2O. The molecule has 1 aliphatic heterocycles. The van der Waals surface area contributed by atoms with Crippen molar-refractivity contribution in [1.29, 1.82) is 0 Å².